The molecule has 1 amide bonds. The predicted octanol–water partition coefficient (Wildman–Crippen LogP) is 4.19. The Kier molecular flexibility index (Phi) is 5.21. The topological polar surface area (TPSA) is 38.3 Å². The first kappa shape index (κ1) is 16.1. The maximum atomic E-state index is 12.4. The number of aryl methyl sites for hydroxylation is 2. The molecule has 1 unspecified atom stereocenters. The fourth-order valence-electron chi connectivity index (χ4n) is 2.57. The number of ether oxygens (including phenoxy) is 1. The summed E-state index contributed by atoms with van der Waals surface area (Å²) in [5, 5.41) is 3.11. The van der Waals surface area contributed by atoms with E-state index in [0.29, 0.717) is 5.56 Å². The van der Waals surface area contributed by atoms with Gasteiger partial charge in [0.15, 0.2) is 0 Å². The SMILES string of the molecule is CCC(NC(=O)c1cccc(C)c1)c1ccc(OC)c(C)c1. The van der Waals surface area contributed by atoms with Gasteiger partial charge in [-0.3, -0.25) is 4.79 Å². The molecule has 2 rings (SSSR count). The zero-order chi connectivity index (χ0) is 16.1. The van der Waals surface area contributed by atoms with Crippen LogP contribution in [0.2, 0.25) is 0 Å². The predicted molar refractivity (Wildman–Crippen MR) is 89.4 cm³/mol. The molecule has 3 heteroatoms. The van der Waals surface area contributed by atoms with Crippen LogP contribution in [0.1, 0.15) is 46.4 Å². The number of carbonyl (C=O) groups is 1. The summed E-state index contributed by atoms with van der Waals surface area (Å²) < 4.78 is 5.29. The average Bonchev–Trinajstić information content (AvgIpc) is 2.52. The first-order valence-corrected chi connectivity index (χ1v) is 7.57. The van der Waals surface area contributed by atoms with Gasteiger partial charge in [0.25, 0.3) is 5.91 Å². The molecule has 22 heavy (non-hydrogen) atoms. The van der Waals surface area contributed by atoms with Crippen LogP contribution in [0.4, 0.5) is 0 Å². The van der Waals surface area contributed by atoms with Gasteiger partial charge >= 0.3 is 0 Å². The first-order valence-electron chi connectivity index (χ1n) is 7.57. The zero-order valence-corrected chi connectivity index (χ0v) is 13.6. The van der Waals surface area contributed by atoms with E-state index in [9.17, 15) is 4.79 Å². The average molecular weight is 297 g/mol. The summed E-state index contributed by atoms with van der Waals surface area (Å²) in [6.45, 7) is 6.07. The van der Waals surface area contributed by atoms with E-state index in [0.717, 1.165) is 28.9 Å². The second-order valence-electron chi connectivity index (χ2n) is 5.53. The van der Waals surface area contributed by atoms with Crippen molar-refractivity contribution in [3.63, 3.8) is 0 Å². The van der Waals surface area contributed by atoms with Gasteiger partial charge in [0, 0.05) is 5.56 Å². The maximum absolute atomic E-state index is 12.4. The Labute approximate surface area is 132 Å². The molecule has 0 aliphatic heterocycles. The van der Waals surface area contributed by atoms with Crippen LogP contribution in [0.15, 0.2) is 42.5 Å². The molecule has 0 saturated heterocycles. The maximum Gasteiger partial charge on any atom is 0.251 e. The second kappa shape index (κ2) is 7.12. The van der Waals surface area contributed by atoms with Gasteiger partial charge in [-0.1, -0.05) is 36.8 Å². The van der Waals surface area contributed by atoms with Crippen molar-refractivity contribution in [1.29, 1.82) is 0 Å². The molecule has 2 aromatic rings. The van der Waals surface area contributed by atoms with Crippen molar-refractivity contribution in [2.24, 2.45) is 0 Å². The second-order valence-corrected chi connectivity index (χ2v) is 5.53. The molecule has 1 atom stereocenters. The van der Waals surface area contributed by atoms with Crippen molar-refractivity contribution >= 4 is 5.91 Å². The lowest BCUT2D eigenvalue weighted by atomic mass is 10.0. The highest BCUT2D eigenvalue weighted by Crippen LogP contribution is 2.24. The number of hydrogen-bond acceptors (Lipinski definition) is 2. The normalized spacial score (nSPS) is 11.8. The van der Waals surface area contributed by atoms with Crippen LogP contribution in [0.5, 0.6) is 5.75 Å². The Morgan fingerprint density at radius 3 is 2.55 bits per heavy atom. The summed E-state index contributed by atoms with van der Waals surface area (Å²) in [5.41, 5.74) is 3.95. The van der Waals surface area contributed by atoms with Crippen molar-refractivity contribution in [1.82, 2.24) is 5.32 Å². The fraction of sp³-hybridized carbons (Fsp3) is 0.316. The third-order valence-electron chi connectivity index (χ3n) is 3.82. The Balaban J connectivity index is 2.18. The van der Waals surface area contributed by atoms with Gasteiger partial charge in [0.2, 0.25) is 0 Å². The lowest BCUT2D eigenvalue weighted by Crippen LogP contribution is -2.28. The van der Waals surface area contributed by atoms with Gasteiger partial charge < -0.3 is 10.1 Å². The molecular formula is C19H23NO2. The molecule has 0 bridgehead atoms. The number of carbonyl (C=O) groups excluding carboxylic acids is 1. The highest BCUT2D eigenvalue weighted by Gasteiger charge is 2.15. The highest BCUT2D eigenvalue weighted by atomic mass is 16.5. The first-order chi connectivity index (χ1) is 10.5. The fourth-order valence-corrected chi connectivity index (χ4v) is 2.57. The molecule has 3 nitrogen and oxygen atoms in total. The Hall–Kier alpha value is -2.29. The van der Waals surface area contributed by atoms with Crippen LogP contribution >= 0.6 is 0 Å². The van der Waals surface area contributed by atoms with Crippen LogP contribution in [-0.2, 0) is 0 Å². The van der Waals surface area contributed by atoms with E-state index >= 15 is 0 Å². The third-order valence-corrected chi connectivity index (χ3v) is 3.82. The molecule has 0 radical (unpaired) electrons. The van der Waals surface area contributed by atoms with Gasteiger partial charge in [-0.2, -0.15) is 0 Å². The van der Waals surface area contributed by atoms with E-state index < -0.39 is 0 Å². The van der Waals surface area contributed by atoms with Gasteiger partial charge in [-0.05, 0) is 49.6 Å². The van der Waals surface area contributed by atoms with E-state index in [2.05, 4.69) is 18.3 Å². The van der Waals surface area contributed by atoms with Crippen LogP contribution < -0.4 is 10.1 Å². The molecule has 2 aromatic carbocycles. The molecule has 0 heterocycles. The van der Waals surface area contributed by atoms with Gasteiger partial charge in [0.1, 0.15) is 5.75 Å². The smallest absolute Gasteiger partial charge is 0.251 e. The molecule has 0 fully saturated rings. The van der Waals surface area contributed by atoms with Gasteiger partial charge in [0.05, 0.1) is 13.2 Å². The molecule has 116 valence electrons. The number of methoxy groups -OCH3 is 1. The van der Waals surface area contributed by atoms with E-state index in [1.54, 1.807) is 7.11 Å². The minimum absolute atomic E-state index is 0.00221. The summed E-state index contributed by atoms with van der Waals surface area (Å²) in [5.74, 6) is 0.827. The van der Waals surface area contributed by atoms with E-state index in [1.165, 1.54) is 0 Å². The third kappa shape index (κ3) is 3.67. The van der Waals surface area contributed by atoms with Crippen molar-refractivity contribution in [3.8, 4) is 5.75 Å². The van der Waals surface area contributed by atoms with Gasteiger partial charge in [-0.15, -0.1) is 0 Å². The van der Waals surface area contributed by atoms with E-state index in [-0.39, 0.29) is 11.9 Å². The van der Waals surface area contributed by atoms with Crippen LogP contribution in [-0.4, -0.2) is 13.0 Å². The molecular weight excluding hydrogens is 274 g/mol. The van der Waals surface area contributed by atoms with Crippen LogP contribution in [0.3, 0.4) is 0 Å². The summed E-state index contributed by atoms with van der Waals surface area (Å²) in [4.78, 5) is 12.4. The largest absolute Gasteiger partial charge is 0.496 e. The standard InChI is InChI=1S/C19H23NO2/c1-5-17(15-9-10-18(22-4)14(3)12-15)20-19(21)16-8-6-7-13(2)11-16/h6-12,17H,5H2,1-4H3,(H,20,21). The Morgan fingerprint density at radius 2 is 1.95 bits per heavy atom. The van der Waals surface area contributed by atoms with Crippen molar-refractivity contribution in [2.45, 2.75) is 33.2 Å². The van der Waals surface area contributed by atoms with Crippen molar-refractivity contribution in [3.05, 3.63) is 64.7 Å². The number of nitrogens with one attached hydrogen (secondary N) is 1. The van der Waals surface area contributed by atoms with E-state index in [1.807, 2.05) is 50.2 Å². The lowest BCUT2D eigenvalue weighted by Gasteiger charge is -2.19. The van der Waals surface area contributed by atoms with Gasteiger partial charge in [-0.25, -0.2) is 0 Å². The molecule has 0 aromatic heterocycles. The quantitative estimate of drug-likeness (QED) is 0.898. The summed E-state index contributed by atoms with van der Waals surface area (Å²) in [6.07, 6.45) is 0.837. The molecule has 0 saturated carbocycles. The molecule has 0 aliphatic carbocycles. The van der Waals surface area contributed by atoms with Crippen molar-refractivity contribution < 1.29 is 9.53 Å². The van der Waals surface area contributed by atoms with Crippen molar-refractivity contribution in [2.75, 3.05) is 7.11 Å². The number of rotatable bonds is 5. The zero-order valence-electron chi connectivity index (χ0n) is 13.6. The highest BCUT2D eigenvalue weighted by molar-refractivity contribution is 5.94. The molecule has 0 aliphatic rings. The monoisotopic (exact) mass is 297 g/mol. The summed E-state index contributed by atoms with van der Waals surface area (Å²) >= 11 is 0. The lowest BCUT2D eigenvalue weighted by molar-refractivity contribution is 0.0935. The summed E-state index contributed by atoms with van der Waals surface area (Å²) in [7, 11) is 1.67. The van der Waals surface area contributed by atoms with Crippen LogP contribution in [0, 0.1) is 13.8 Å². The number of hydrogen-bond donors (Lipinski definition) is 1. The minimum atomic E-state index is -0.0379. The van der Waals surface area contributed by atoms with E-state index in [4.69, 9.17) is 4.74 Å². The minimum Gasteiger partial charge on any atom is -0.496 e. The molecule has 1 N–H and O–H groups in total. The summed E-state index contributed by atoms with van der Waals surface area (Å²) in [6, 6.07) is 13.7. The van der Waals surface area contributed by atoms with Crippen LogP contribution in [0.25, 0.3) is 0 Å². The Morgan fingerprint density at radius 1 is 1.18 bits per heavy atom. The Bertz CT molecular complexity index is 664. The number of benzene rings is 2. The number of amides is 1. The molecule has 0 spiro atoms.